The van der Waals surface area contributed by atoms with Crippen molar-refractivity contribution in [1.82, 2.24) is 25.1 Å². The summed E-state index contributed by atoms with van der Waals surface area (Å²) in [5.41, 5.74) is 1.27. The first-order chi connectivity index (χ1) is 9.69. The Morgan fingerprint density at radius 1 is 1.40 bits per heavy atom. The zero-order valence-electron chi connectivity index (χ0n) is 11.6. The molecule has 106 valence electrons. The maximum atomic E-state index is 12.0. The molecule has 2 aromatic heterocycles. The van der Waals surface area contributed by atoms with Crippen LogP contribution in [-0.4, -0.2) is 32.2 Å². The van der Waals surface area contributed by atoms with Crippen molar-refractivity contribution < 1.29 is 4.79 Å². The molecular formula is C13H18N6O. The third-order valence-corrected chi connectivity index (χ3v) is 2.63. The van der Waals surface area contributed by atoms with E-state index in [9.17, 15) is 4.79 Å². The van der Waals surface area contributed by atoms with E-state index in [-0.39, 0.29) is 12.5 Å². The number of amides is 1. The second-order valence-electron chi connectivity index (χ2n) is 4.37. The summed E-state index contributed by atoms with van der Waals surface area (Å²) >= 11 is 0. The highest BCUT2D eigenvalue weighted by atomic mass is 16.1. The van der Waals surface area contributed by atoms with Gasteiger partial charge in [0.15, 0.2) is 5.82 Å². The van der Waals surface area contributed by atoms with E-state index in [4.69, 9.17) is 0 Å². The van der Waals surface area contributed by atoms with Crippen LogP contribution in [0.5, 0.6) is 0 Å². The van der Waals surface area contributed by atoms with Gasteiger partial charge in [-0.2, -0.15) is 5.10 Å². The summed E-state index contributed by atoms with van der Waals surface area (Å²) in [6.07, 6.45) is 4.23. The zero-order chi connectivity index (χ0) is 14.4. The molecular weight excluding hydrogens is 256 g/mol. The number of pyridine rings is 1. The molecule has 0 saturated carbocycles. The summed E-state index contributed by atoms with van der Waals surface area (Å²) in [7, 11) is 1.78. The predicted octanol–water partition coefficient (Wildman–Crippen LogP) is 0.962. The van der Waals surface area contributed by atoms with Crippen LogP contribution >= 0.6 is 0 Å². The third kappa shape index (κ3) is 3.78. The molecule has 0 atom stereocenters. The molecule has 2 N–H and O–H groups in total. The van der Waals surface area contributed by atoms with Crippen LogP contribution in [0.2, 0.25) is 0 Å². The summed E-state index contributed by atoms with van der Waals surface area (Å²) in [4.78, 5) is 20.1. The van der Waals surface area contributed by atoms with Crippen molar-refractivity contribution >= 4 is 11.6 Å². The highest BCUT2D eigenvalue weighted by molar-refractivity contribution is 5.92. The molecule has 0 aliphatic rings. The molecule has 0 aliphatic heterocycles. The van der Waals surface area contributed by atoms with E-state index in [0.29, 0.717) is 11.5 Å². The Kier molecular flexibility index (Phi) is 4.65. The Bertz CT molecular complexity index is 580. The van der Waals surface area contributed by atoms with Gasteiger partial charge < -0.3 is 10.6 Å². The van der Waals surface area contributed by atoms with Crippen molar-refractivity contribution in [1.29, 1.82) is 0 Å². The van der Waals surface area contributed by atoms with Crippen molar-refractivity contribution in [2.45, 2.75) is 19.9 Å². The van der Waals surface area contributed by atoms with Crippen molar-refractivity contribution in [3.8, 4) is 0 Å². The van der Waals surface area contributed by atoms with Gasteiger partial charge in [0, 0.05) is 25.5 Å². The van der Waals surface area contributed by atoms with E-state index >= 15 is 0 Å². The van der Waals surface area contributed by atoms with Gasteiger partial charge in [0.05, 0.1) is 6.54 Å². The fourth-order valence-corrected chi connectivity index (χ4v) is 1.65. The largest absolute Gasteiger partial charge is 0.385 e. The fourth-order valence-electron chi connectivity index (χ4n) is 1.65. The van der Waals surface area contributed by atoms with Crippen LogP contribution in [-0.2, 0) is 13.6 Å². The van der Waals surface area contributed by atoms with Crippen LogP contribution in [0.1, 0.15) is 29.7 Å². The van der Waals surface area contributed by atoms with Crippen LogP contribution in [0.25, 0.3) is 0 Å². The monoisotopic (exact) mass is 274 g/mol. The molecule has 0 unspecified atom stereocenters. The number of aromatic nitrogens is 4. The lowest BCUT2D eigenvalue weighted by Crippen LogP contribution is -2.24. The lowest BCUT2D eigenvalue weighted by Gasteiger charge is -2.06. The van der Waals surface area contributed by atoms with Crippen LogP contribution in [0, 0.1) is 0 Å². The minimum atomic E-state index is -0.238. The molecule has 2 heterocycles. The summed E-state index contributed by atoms with van der Waals surface area (Å²) in [6, 6.07) is 3.57. The summed E-state index contributed by atoms with van der Waals surface area (Å²) in [5, 5.41) is 10.1. The molecule has 0 bridgehead atoms. The third-order valence-electron chi connectivity index (χ3n) is 2.63. The van der Waals surface area contributed by atoms with E-state index in [2.05, 4.69) is 32.6 Å². The Morgan fingerprint density at radius 2 is 2.25 bits per heavy atom. The number of carbonyl (C=O) groups excluding carboxylic acids is 1. The second-order valence-corrected chi connectivity index (χ2v) is 4.37. The van der Waals surface area contributed by atoms with Gasteiger partial charge in [-0.05, 0) is 18.6 Å². The number of aryl methyl sites for hydroxylation is 1. The van der Waals surface area contributed by atoms with E-state index in [1.54, 1.807) is 30.3 Å². The normalized spacial score (nSPS) is 10.3. The van der Waals surface area contributed by atoms with E-state index in [0.717, 1.165) is 18.7 Å². The molecule has 0 aliphatic carbocycles. The fraction of sp³-hybridized carbons (Fsp3) is 0.385. The first-order valence-electron chi connectivity index (χ1n) is 6.51. The molecule has 2 aromatic rings. The minimum Gasteiger partial charge on any atom is -0.385 e. The standard InChI is InChI=1S/C13H18N6O/c1-3-5-14-10-4-6-15-11(7-10)13(20)16-8-12-17-9-19(2)18-12/h4,6-7,9H,3,5,8H2,1-2H3,(H,14,15)(H,16,20). The number of hydrogen-bond acceptors (Lipinski definition) is 5. The highest BCUT2D eigenvalue weighted by Gasteiger charge is 2.08. The van der Waals surface area contributed by atoms with E-state index in [1.165, 1.54) is 0 Å². The smallest absolute Gasteiger partial charge is 0.270 e. The maximum Gasteiger partial charge on any atom is 0.270 e. The van der Waals surface area contributed by atoms with Crippen molar-refractivity contribution in [2.24, 2.45) is 7.05 Å². The van der Waals surface area contributed by atoms with E-state index in [1.807, 2.05) is 6.07 Å². The number of anilines is 1. The molecule has 0 fully saturated rings. The van der Waals surface area contributed by atoms with Gasteiger partial charge in [0.25, 0.3) is 5.91 Å². The molecule has 7 nitrogen and oxygen atoms in total. The van der Waals surface area contributed by atoms with Gasteiger partial charge in [-0.15, -0.1) is 0 Å². The lowest BCUT2D eigenvalue weighted by molar-refractivity contribution is 0.0945. The Labute approximate surface area is 117 Å². The van der Waals surface area contributed by atoms with Gasteiger partial charge >= 0.3 is 0 Å². The average Bonchev–Trinajstić information content (AvgIpc) is 2.88. The Hall–Kier alpha value is -2.44. The topological polar surface area (TPSA) is 84.7 Å². The summed E-state index contributed by atoms with van der Waals surface area (Å²) in [6.45, 7) is 3.23. The number of nitrogens with zero attached hydrogens (tertiary/aromatic N) is 4. The average molecular weight is 274 g/mol. The SMILES string of the molecule is CCCNc1ccnc(C(=O)NCc2ncn(C)n2)c1. The van der Waals surface area contributed by atoms with Crippen LogP contribution in [0.15, 0.2) is 24.7 Å². The molecule has 0 radical (unpaired) electrons. The van der Waals surface area contributed by atoms with Gasteiger partial charge in [-0.1, -0.05) is 6.92 Å². The van der Waals surface area contributed by atoms with Gasteiger partial charge in [0.1, 0.15) is 12.0 Å². The predicted molar refractivity (Wildman–Crippen MR) is 75.2 cm³/mol. The second kappa shape index (κ2) is 6.65. The first kappa shape index (κ1) is 14.0. The summed E-state index contributed by atoms with van der Waals surface area (Å²) in [5.74, 6) is 0.332. The molecule has 2 rings (SSSR count). The van der Waals surface area contributed by atoms with Gasteiger partial charge in [-0.25, -0.2) is 4.98 Å². The molecule has 7 heteroatoms. The minimum absolute atomic E-state index is 0.238. The molecule has 0 spiro atoms. The molecule has 0 aromatic carbocycles. The van der Waals surface area contributed by atoms with Gasteiger partial charge in [0.2, 0.25) is 0 Å². The Morgan fingerprint density at radius 3 is 2.95 bits per heavy atom. The maximum absolute atomic E-state index is 12.0. The summed E-state index contributed by atoms with van der Waals surface area (Å²) < 4.78 is 1.59. The van der Waals surface area contributed by atoms with Crippen molar-refractivity contribution in [2.75, 3.05) is 11.9 Å². The highest BCUT2D eigenvalue weighted by Crippen LogP contribution is 2.08. The van der Waals surface area contributed by atoms with Gasteiger partial charge in [-0.3, -0.25) is 14.5 Å². The Balaban J connectivity index is 1.94. The van der Waals surface area contributed by atoms with Crippen molar-refractivity contribution in [3.05, 3.63) is 36.2 Å². The van der Waals surface area contributed by atoms with E-state index < -0.39 is 0 Å². The first-order valence-corrected chi connectivity index (χ1v) is 6.51. The quantitative estimate of drug-likeness (QED) is 0.819. The molecule has 0 saturated heterocycles. The number of nitrogens with one attached hydrogen (secondary N) is 2. The van der Waals surface area contributed by atoms with Crippen LogP contribution in [0.3, 0.4) is 0 Å². The number of hydrogen-bond donors (Lipinski definition) is 2. The number of carbonyl (C=O) groups is 1. The molecule has 1 amide bonds. The molecule has 20 heavy (non-hydrogen) atoms. The lowest BCUT2D eigenvalue weighted by atomic mass is 10.3. The van der Waals surface area contributed by atoms with Crippen LogP contribution in [0.4, 0.5) is 5.69 Å². The van der Waals surface area contributed by atoms with Crippen LogP contribution < -0.4 is 10.6 Å². The van der Waals surface area contributed by atoms with Crippen molar-refractivity contribution in [3.63, 3.8) is 0 Å². The zero-order valence-corrected chi connectivity index (χ0v) is 11.6. The number of rotatable bonds is 6.